The number of oxime groups is 1. The molecule has 0 unspecified atom stereocenters. The van der Waals surface area contributed by atoms with Gasteiger partial charge in [-0.3, -0.25) is 0 Å². The van der Waals surface area contributed by atoms with Gasteiger partial charge in [0.05, 0.1) is 15.7 Å². The lowest BCUT2D eigenvalue weighted by atomic mass is 10.0. The smallest absolute Gasteiger partial charge is 0.125 e. The van der Waals surface area contributed by atoms with Crippen molar-refractivity contribution in [1.29, 1.82) is 0 Å². The van der Waals surface area contributed by atoms with Crippen LogP contribution in [0.2, 0.25) is 0 Å². The second-order valence-corrected chi connectivity index (χ2v) is 8.43. The van der Waals surface area contributed by atoms with E-state index in [0.29, 0.717) is 19.8 Å². The molecule has 1 aromatic carbocycles. The molecule has 0 heterocycles. The van der Waals surface area contributed by atoms with Crippen LogP contribution < -0.4 is 9.47 Å². The molecule has 0 aliphatic carbocycles. The lowest BCUT2D eigenvalue weighted by Gasteiger charge is -2.17. The van der Waals surface area contributed by atoms with E-state index in [1.807, 2.05) is 19.9 Å². The maximum Gasteiger partial charge on any atom is 0.125 e. The number of aryl methyl sites for hydroxylation is 2. The van der Waals surface area contributed by atoms with Crippen LogP contribution in [0.25, 0.3) is 0 Å². The Balaban J connectivity index is 2.71. The highest BCUT2D eigenvalue weighted by atomic mass is 79.9. The Labute approximate surface area is 167 Å². The summed E-state index contributed by atoms with van der Waals surface area (Å²) in [4.78, 5) is 5.20. The zero-order valence-corrected chi connectivity index (χ0v) is 18.6. The molecular weight excluding hydrogens is 450 g/mol. The molecule has 0 aliphatic heterocycles. The molecule has 0 saturated heterocycles. The SMILES string of the molecule is CCc1cc(OCC=C(Br)Br)cc(CC)c1OCCCON=C(C)C. The van der Waals surface area contributed by atoms with Crippen LogP contribution in [0.4, 0.5) is 0 Å². The molecule has 0 aliphatic rings. The van der Waals surface area contributed by atoms with Crippen molar-refractivity contribution in [2.75, 3.05) is 19.8 Å². The predicted molar refractivity (Wildman–Crippen MR) is 111 cm³/mol. The minimum absolute atomic E-state index is 0.507. The van der Waals surface area contributed by atoms with Gasteiger partial charge in [-0.05, 0) is 87.9 Å². The highest BCUT2D eigenvalue weighted by molar-refractivity contribution is 9.28. The fourth-order valence-electron chi connectivity index (χ4n) is 2.19. The van der Waals surface area contributed by atoms with Crippen molar-refractivity contribution in [1.82, 2.24) is 0 Å². The monoisotopic (exact) mass is 475 g/mol. The molecule has 0 saturated carbocycles. The zero-order valence-electron chi connectivity index (χ0n) is 15.4. The van der Waals surface area contributed by atoms with Gasteiger partial charge in [-0.1, -0.05) is 19.0 Å². The summed E-state index contributed by atoms with van der Waals surface area (Å²) in [5.41, 5.74) is 3.25. The number of benzene rings is 1. The number of nitrogens with zero attached hydrogens (tertiary/aromatic N) is 1. The number of hydrogen-bond donors (Lipinski definition) is 0. The molecule has 1 rings (SSSR count). The molecule has 0 amide bonds. The van der Waals surface area contributed by atoms with Crippen LogP contribution in [0.3, 0.4) is 0 Å². The minimum Gasteiger partial charge on any atom is -0.493 e. The first-order chi connectivity index (χ1) is 12.0. The van der Waals surface area contributed by atoms with Crippen LogP contribution >= 0.6 is 31.9 Å². The van der Waals surface area contributed by atoms with Gasteiger partial charge in [-0.2, -0.15) is 0 Å². The Morgan fingerprint density at radius 3 is 2.20 bits per heavy atom. The van der Waals surface area contributed by atoms with Crippen molar-refractivity contribution >= 4 is 37.6 Å². The summed E-state index contributed by atoms with van der Waals surface area (Å²) < 4.78 is 12.7. The largest absolute Gasteiger partial charge is 0.493 e. The lowest BCUT2D eigenvalue weighted by molar-refractivity contribution is 0.127. The van der Waals surface area contributed by atoms with Crippen molar-refractivity contribution in [2.45, 2.75) is 47.0 Å². The van der Waals surface area contributed by atoms with E-state index in [9.17, 15) is 0 Å². The molecule has 25 heavy (non-hydrogen) atoms. The van der Waals surface area contributed by atoms with Crippen molar-refractivity contribution < 1.29 is 14.3 Å². The second kappa shape index (κ2) is 12.4. The summed E-state index contributed by atoms with van der Waals surface area (Å²) in [6, 6.07) is 4.12. The number of halogens is 2. The van der Waals surface area contributed by atoms with Gasteiger partial charge in [0.1, 0.15) is 24.7 Å². The Morgan fingerprint density at radius 1 is 1.04 bits per heavy atom. The Hall–Kier alpha value is -1.01. The molecule has 0 spiro atoms. The first kappa shape index (κ1) is 22.0. The maximum atomic E-state index is 6.04. The summed E-state index contributed by atoms with van der Waals surface area (Å²) in [6.07, 6.45) is 4.51. The van der Waals surface area contributed by atoms with Gasteiger partial charge in [0.25, 0.3) is 0 Å². The van der Waals surface area contributed by atoms with E-state index in [4.69, 9.17) is 14.3 Å². The average Bonchev–Trinajstić information content (AvgIpc) is 2.57. The van der Waals surface area contributed by atoms with Gasteiger partial charge < -0.3 is 14.3 Å². The van der Waals surface area contributed by atoms with E-state index in [1.54, 1.807) is 0 Å². The Bertz CT molecular complexity index is 567. The average molecular weight is 477 g/mol. The van der Waals surface area contributed by atoms with Crippen LogP contribution in [-0.2, 0) is 17.7 Å². The summed E-state index contributed by atoms with van der Waals surface area (Å²) in [7, 11) is 0. The van der Waals surface area contributed by atoms with Gasteiger partial charge in [0.2, 0.25) is 0 Å². The van der Waals surface area contributed by atoms with Crippen molar-refractivity contribution in [3.63, 3.8) is 0 Å². The predicted octanol–water partition coefficient (Wildman–Crippen LogP) is 6.00. The van der Waals surface area contributed by atoms with Crippen molar-refractivity contribution in [3.8, 4) is 11.5 Å². The third-order valence-corrected chi connectivity index (χ3v) is 3.99. The highest BCUT2D eigenvalue weighted by Gasteiger charge is 2.11. The van der Waals surface area contributed by atoms with Crippen molar-refractivity contribution in [3.05, 3.63) is 32.7 Å². The summed E-state index contributed by atoms with van der Waals surface area (Å²) >= 11 is 6.66. The van der Waals surface area contributed by atoms with Crippen molar-refractivity contribution in [2.24, 2.45) is 5.16 Å². The minimum atomic E-state index is 0.507. The lowest BCUT2D eigenvalue weighted by Crippen LogP contribution is -2.06. The normalized spacial score (nSPS) is 10.2. The molecular formula is C19H27Br2NO3. The van der Waals surface area contributed by atoms with Crippen LogP contribution in [0, 0.1) is 0 Å². The van der Waals surface area contributed by atoms with E-state index >= 15 is 0 Å². The van der Waals surface area contributed by atoms with E-state index < -0.39 is 0 Å². The molecule has 0 fully saturated rings. The van der Waals surface area contributed by atoms with Crippen LogP contribution in [0.1, 0.15) is 45.2 Å². The van der Waals surface area contributed by atoms with Gasteiger partial charge in [-0.25, -0.2) is 0 Å². The fraction of sp³-hybridized carbons (Fsp3) is 0.526. The quantitative estimate of drug-likeness (QED) is 0.223. The first-order valence-electron chi connectivity index (χ1n) is 8.53. The maximum absolute atomic E-state index is 6.04. The molecule has 0 N–H and O–H groups in total. The standard InChI is InChI=1S/C19H27Br2NO3/c1-5-15-12-17(23-11-8-18(20)21)13-16(6-2)19(15)24-9-7-10-25-22-14(3)4/h8,12-13H,5-7,9-11H2,1-4H3. The number of hydrogen-bond acceptors (Lipinski definition) is 4. The third kappa shape index (κ3) is 8.77. The van der Waals surface area contributed by atoms with Gasteiger partial charge in [-0.15, -0.1) is 0 Å². The molecule has 0 bridgehead atoms. The van der Waals surface area contributed by atoms with Gasteiger partial charge in [0.15, 0.2) is 0 Å². The summed E-state index contributed by atoms with van der Waals surface area (Å²) in [6.45, 7) is 9.75. The van der Waals surface area contributed by atoms with Crippen LogP contribution in [0.5, 0.6) is 11.5 Å². The van der Waals surface area contributed by atoms with Crippen LogP contribution in [-0.4, -0.2) is 25.5 Å². The van der Waals surface area contributed by atoms with Crippen LogP contribution in [0.15, 0.2) is 26.8 Å². The third-order valence-electron chi connectivity index (χ3n) is 3.34. The Kier molecular flexibility index (Phi) is 10.9. The second-order valence-electron chi connectivity index (χ2n) is 5.66. The van der Waals surface area contributed by atoms with E-state index in [-0.39, 0.29) is 0 Å². The van der Waals surface area contributed by atoms with E-state index in [1.165, 1.54) is 11.1 Å². The number of ether oxygens (including phenoxy) is 2. The molecule has 0 radical (unpaired) electrons. The molecule has 0 atom stereocenters. The first-order valence-corrected chi connectivity index (χ1v) is 10.1. The molecule has 0 aromatic heterocycles. The number of rotatable bonds is 11. The molecule has 6 heteroatoms. The Morgan fingerprint density at radius 2 is 1.68 bits per heavy atom. The molecule has 140 valence electrons. The highest BCUT2D eigenvalue weighted by Crippen LogP contribution is 2.31. The fourth-order valence-corrected chi connectivity index (χ4v) is 2.45. The van der Waals surface area contributed by atoms with E-state index in [2.05, 4.69) is 63.0 Å². The van der Waals surface area contributed by atoms with Gasteiger partial charge >= 0.3 is 0 Å². The topological polar surface area (TPSA) is 40.0 Å². The van der Waals surface area contributed by atoms with E-state index in [0.717, 1.165) is 39.9 Å². The summed E-state index contributed by atoms with van der Waals surface area (Å²) in [5, 5.41) is 3.92. The zero-order chi connectivity index (χ0) is 18.7. The molecule has 1 aromatic rings. The van der Waals surface area contributed by atoms with Gasteiger partial charge in [0, 0.05) is 6.42 Å². The molecule has 4 nitrogen and oxygen atoms in total. The summed E-state index contributed by atoms with van der Waals surface area (Å²) in [5.74, 6) is 1.85.